The van der Waals surface area contributed by atoms with Gasteiger partial charge in [0.15, 0.2) is 0 Å². The summed E-state index contributed by atoms with van der Waals surface area (Å²) in [5.74, 6) is 0. The number of piperidine rings is 1. The highest BCUT2D eigenvalue weighted by Crippen LogP contribution is 2.36. The molecule has 0 unspecified atom stereocenters. The van der Waals surface area contributed by atoms with E-state index >= 15 is 0 Å². The molecule has 6 rings (SSSR count). The van der Waals surface area contributed by atoms with Crippen LogP contribution in [0.2, 0.25) is 0 Å². The molecule has 1 fully saturated rings. The van der Waals surface area contributed by atoms with Gasteiger partial charge in [-0.2, -0.15) is 0 Å². The van der Waals surface area contributed by atoms with E-state index in [1.165, 1.54) is 16.8 Å². The van der Waals surface area contributed by atoms with Gasteiger partial charge in [-0.1, -0.05) is 88.2 Å². The van der Waals surface area contributed by atoms with Crippen molar-refractivity contribution in [2.24, 2.45) is 0 Å². The third-order valence-electron chi connectivity index (χ3n) is 8.38. The second-order valence-corrected chi connectivity index (χ2v) is 11.1. The van der Waals surface area contributed by atoms with Gasteiger partial charge in [0, 0.05) is 48.2 Å². The van der Waals surface area contributed by atoms with E-state index in [1.807, 2.05) is 32.0 Å². The van der Waals surface area contributed by atoms with Crippen molar-refractivity contribution in [1.29, 1.82) is 0 Å². The van der Waals surface area contributed by atoms with Crippen LogP contribution in [0.5, 0.6) is 0 Å². The van der Waals surface area contributed by atoms with Crippen LogP contribution in [0.15, 0.2) is 115 Å². The third-order valence-corrected chi connectivity index (χ3v) is 8.38. The molecule has 0 spiro atoms. The maximum atomic E-state index is 5.14. The van der Waals surface area contributed by atoms with Crippen LogP contribution in [0.25, 0.3) is 33.5 Å². The first-order valence-electron chi connectivity index (χ1n) is 15.3. The molecule has 0 saturated carbocycles. The number of benzene rings is 3. The minimum atomic E-state index is 0.497. The highest BCUT2D eigenvalue weighted by atomic mass is 15.1. The Bertz CT molecular complexity index is 1670. The zero-order chi connectivity index (χ0) is 30.5. The quantitative estimate of drug-likeness (QED) is 0.222. The van der Waals surface area contributed by atoms with Crippen LogP contribution in [-0.2, 0) is 6.54 Å². The predicted molar refractivity (Wildman–Crippen MR) is 183 cm³/mol. The smallest absolute Gasteiger partial charge is 0.0973 e. The Morgan fingerprint density at radius 3 is 2.05 bits per heavy atom. The van der Waals surface area contributed by atoms with Gasteiger partial charge in [-0.15, -0.1) is 0 Å². The molecule has 2 N–H and O–H groups in total. The topological polar surface area (TPSA) is 53.1 Å². The molecule has 5 heteroatoms. The van der Waals surface area contributed by atoms with Crippen molar-refractivity contribution in [3.8, 4) is 22.5 Å². The van der Waals surface area contributed by atoms with Crippen molar-refractivity contribution in [2.75, 3.05) is 18.4 Å². The number of nitrogens with one attached hydrogen (secondary N) is 2. The molecule has 2 aliphatic rings. The summed E-state index contributed by atoms with van der Waals surface area (Å²) >= 11 is 0. The monoisotopic (exact) mass is 569 g/mol. The van der Waals surface area contributed by atoms with Crippen LogP contribution in [0, 0.1) is 6.92 Å². The zero-order valence-corrected chi connectivity index (χ0v) is 26.0. The first-order valence-corrected chi connectivity index (χ1v) is 15.3. The molecule has 1 saturated heterocycles. The highest BCUT2D eigenvalue weighted by Gasteiger charge is 2.27. The number of allylic oxidation sites excluding steroid dienone is 2. The number of aromatic nitrogens is 2. The van der Waals surface area contributed by atoms with E-state index in [0.717, 1.165) is 88.4 Å². The average Bonchev–Trinajstić information content (AvgIpc) is 3.05. The number of rotatable bonds is 8. The first-order chi connectivity index (χ1) is 20.9. The molecule has 0 bridgehead atoms. The van der Waals surface area contributed by atoms with Crippen LogP contribution in [0.3, 0.4) is 0 Å². The minimum absolute atomic E-state index is 0.497. The molecule has 1 aromatic heterocycles. The van der Waals surface area contributed by atoms with Gasteiger partial charge < -0.3 is 10.6 Å². The summed E-state index contributed by atoms with van der Waals surface area (Å²) < 4.78 is 0. The van der Waals surface area contributed by atoms with E-state index in [2.05, 4.69) is 97.6 Å². The normalized spacial score (nSPS) is 15.5. The van der Waals surface area contributed by atoms with E-state index in [4.69, 9.17) is 9.97 Å². The van der Waals surface area contributed by atoms with E-state index in [9.17, 15) is 0 Å². The molecule has 0 radical (unpaired) electrons. The van der Waals surface area contributed by atoms with Crippen molar-refractivity contribution >= 4 is 16.7 Å². The van der Waals surface area contributed by atoms with Crippen molar-refractivity contribution in [2.45, 2.75) is 53.1 Å². The van der Waals surface area contributed by atoms with Crippen LogP contribution < -0.4 is 10.6 Å². The Labute approximate surface area is 256 Å². The van der Waals surface area contributed by atoms with Gasteiger partial charge in [0.05, 0.1) is 22.4 Å². The number of hydrogen-bond donors (Lipinski definition) is 2. The summed E-state index contributed by atoms with van der Waals surface area (Å²) in [6, 6.07) is 23.8. The highest BCUT2D eigenvalue weighted by molar-refractivity contribution is 5.88. The second kappa shape index (κ2) is 13.2. The summed E-state index contributed by atoms with van der Waals surface area (Å²) in [6.07, 6.45) is 3.95. The van der Waals surface area contributed by atoms with Crippen LogP contribution in [0.1, 0.15) is 44.7 Å². The molecular formula is C38H43N5. The molecule has 2 heterocycles. The fourth-order valence-electron chi connectivity index (χ4n) is 5.82. The SMILES string of the molecule is C=CNc1cc2nc(-c3ccc(CN4CCC(NC5=C(C)C(=C)C5=C)CC4)cc3)c(-c3ccccc3)nc2cc1C.CC. The van der Waals surface area contributed by atoms with E-state index in [0.29, 0.717) is 6.04 Å². The Balaban J connectivity index is 0.00000180. The van der Waals surface area contributed by atoms with Crippen LogP contribution in [-0.4, -0.2) is 34.0 Å². The van der Waals surface area contributed by atoms with Crippen LogP contribution in [0.4, 0.5) is 5.69 Å². The number of anilines is 1. The first kappa shape index (κ1) is 30.0. The number of likely N-dealkylation sites (tertiary alicyclic amines) is 1. The van der Waals surface area contributed by atoms with Gasteiger partial charge >= 0.3 is 0 Å². The second-order valence-electron chi connectivity index (χ2n) is 11.1. The number of nitrogens with zero attached hydrogens (tertiary/aromatic N) is 3. The van der Waals surface area contributed by atoms with Gasteiger partial charge in [0.25, 0.3) is 0 Å². The Hall–Kier alpha value is -4.48. The molecular weight excluding hydrogens is 526 g/mol. The fraction of sp³-hybridized carbons (Fsp3) is 0.263. The largest absolute Gasteiger partial charge is 0.381 e. The molecule has 1 aliphatic carbocycles. The van der Waals surface area contributed by atoms with Crippen LogP contribution >= 0.6 is 0 Å². The molecule has 43 heavy (non-hydrogen) atoms. The zero-order valence-electron chi connectivity index (χ0n) is 26.0. The predicted octanol–water partition coefficient (Wildman–Crippen LogP) is 8.81. The van der Waals surface area contributed by atoms with Crippen molar-refractivity contribution in [3.63, 3.8) is 0 Å². The summed E-state index contributed by atoms with van der Waals surface area (Å²) in [5.41, 5.74) is 13.7. The summed E-state index contributed by atoms with van der Waals surface area (Å²) in [4.78, 5) is 12.8. The van der Waals surface area contributed by atoms with Crippen molar-refractivity contribution < 1.29 is 0 Å². The van der Waals surface area contributed by atoms with Gasteiger partial charge in [0.1, 0.15) is 0 Å². The van der Waals surface area contributed by atoms with E-state index < -0.39 is 0 Å². The Morgan fingerprint density at radius 1 is 0.837 bits per heavy atom. The van der Waals surface area contributed by atoms with Gasteiger partial charge in [0.2, 0.25) is 0 Å². The van der Waals surface area contributed by atoms with Gasteiger partial charge in [-0.3, -0.25) is 4.90 Å². The lowest BCUT2D eigenvalue weighted by Crippen LogP contribution is -2.43. The number of hydrogen-bond acceptors (Lipinski definition) is 5. The summed E-state index contributed by atoms with van der Waals surface area (Å²) in [5, 5.41) is 6.93. The molecule has 4 aromatic rings. The van der Waals surface area contributed by atoms with E-state index in [-0.39, 0.29) is 0 Å². The van der Waals surface area contributed by atoms with E-state index in [1.54, 1.807) is 6.20 Å². The number of aryl methyl sites for hydroxylation is 1. The fourth-order valence-corrected chi connectivity index (χ4v) is 5.82. The maximum absolute atomic E-state index is 5.14. The summed E-state index contributed by atoms with van der Waals surface area (Å²) in [6.45, 7) is 23.3. The number of fused-ring (bicyclic) bond motifs is 1. The molecule has 3 aromatic carbocycles. The molecule has 1 aliphatic heterocycles. The summed E-state index contributed by atoms with van der Waals surface area (Å²) in [7, 11) is 0. The lowest BCUT2D eigenvalue weighted by atomic mass is 9.84. The molecule has 0 amide bonds. The van der Waals surface area contributed by atoms with Gasteiger partial charge in [-0.05, 0) is 72.9 Å². The molecule has 5 nitrogen and oxygen atoms in total. The van der Waals surface area contributed by atoms with Crippen molar-refractivity contribution in [1.82, 2.24) is 20.2 Å². The third kappa shape index (κ3) is 6.32. The lowest BCUT2D eigenvalue weighted by molar-refractivity contribution is 0.195. The average molecular weight is 570 g/mol. The maximum Gasteiger partial charge on any atom is 0.0973 e. The lowest BCUT2D eigenvalue weighted by Gasteiger charge is -2.37. The van der Waals surface area contributed by atoms with Crippen molar-refractivity contribution in [3.05, 3.63) is 126 Å². The Kier molecular flexibility index (Phi) is 9.22. The molecule has 0 atom stereocenters. The molecule has 220 valence electrons. The Morgan fingerprint density at radius 2 is 1.44 bits per heavy atom. The standard InChI is InChI=1S/C36H37N5.C2H6/c1-6-37-31-21-33-32(20-23(31)2)39-35(28-10-8-7-9-11-28)36(40-33)29-14-12-27(13-15-29)22-41-18-16-30(17-19-41)38-34-25(4)24(3)26(34)5;1-2/h6-15,20-21,30,37-38H,1,3-4,16-19,22H2,2,5H3;1-2H3. The van der Waals surface area contributed by atoms with Gasteiger partial charge in [-0.25, -0.2) is 9.97 Å². The minimum Gasteiger partial charge on any atom is -0.381 e.